The van der Waals surface area contributed by atoms with Crippen LogP contribution < -0.4 is 9.64 Å². The standard InChI is InChI=1S/C33H47N3O5S/c1-7-12-23(5)34(19-8-2)31(40)28-33-18-17-32(6,42-33)26(27(33)30(39)36(28)21-11-22-37)29(38)35(20-9-3)24-13-15-25(16-14-24)41-10-4/h8-9,13-16,23,26-28,37H,2-3,7,10-12,17-22H2,1,4-6H3/t23?,26-,27+,28?,32+,33?/m1/s1. The number of hydrogen-bond donors (Lipinski definition) is 1. The molecule has 3 saturated heterocycles. The minimum absolute atomic E-state index is 0.00916. The van der Waals surface area contributed by atoms with Gasteiger partial charge in [-0.2, -0.15) is 0 Å². The van der Waals surface area contributed by atoms with Gasteiger partial charge in [-0.15, -0.1) is 24.9 Å². The van der Waals surface area contributed by atoms with E-state index in [9.17, 15) is 19.5 Å². The Bertz CT molecular complexity index is 1170. The Morgan fingerprint density at radius 3 is 2.45 bits per heavy atom. The van der Waals surface area contributed by atoms with Crippen molar-refractivity contribution in [3.63, 3.8) is 0 Å². The third-order valence-electron chi connectivity index (χ3n) is 9.22. The number of rotatable bonds is 15. The van der Waals surface area contributed by atoms with Crippen molar-refractivity contribution >= 4 is 35.2 Å². The summed E-state index contributed by atoms with van der Waals surface area (Å²) in [5, 5.41) is 9.68. The molecule has 42 heavy (non-hydrogen) atoms. The van der Waals surface area contributed by atoms with Crippen LogP contribution in [0.3, 0.4) is 0 Å². The minimum Gasteiger partial charge on any atom is -0.494 e. The van der Waals surface area contributed by atoms with E-state index in [1.54, 1.807) is 33.7 Å². The first kappa shape index (κ1) is 32.1. The summed E-state index contributed by atoms with van der Waals surface area (Å²) >= 11 is 1.67. The molecule has 3 heterocycles. The molecule has 1 spiro atoms. The molecule has 2 bridgehead atoms. The van der Waals surface area contributed by atoms with Crippen LogP contribution in [0.4, 0.5) is 5.69 Å². The van der Waals surface area contributed by atoms with Crippen molar-refractivity contribution < 1.29 is 24.2 Å². The van der Waals surface area contributed by atoms with E-state index < -0.39 is 27.4 Å². The lowest BCUT2D eigenvalue weighted by atomic mass is 9.66. The van der Waals surface area contributed by atoms with Crippen molar-refractivity contribution in [1.82, 2.24) is 9.80 Å². The molecular formula is C33H47N3O5S. The zero-order valence-electron chi connectivity index (χ0n) is 25.6. The minimum atomic E-state index is -0.706. The number of likely N-dealkylation sites (tertiary alicyclic amines) is 1. The molecule has 6 atom stereocenters. The van der Waals surface area contributed by atoms with Gasteiger partial charge in [-0.3, -0.25) is 14.4 Å². The number of fused-ring (bicyclic) bond motifs is 1. The van der Waals surface area contributed by atoms with Crippen LogP contribution in [0.15, 0.2) is 49.6 Å². The molecule has 9 heteroatoms. The molecular weight excluding hydrogens is 550 g/mol. The van der Waals surface area contributed by atoms with Gasteiger partial charge in [0.1, 0.15) is 11.8 Å². The van der Waals surface area contributed by atoms with Gasteiger partial charge in [0.2, 0.25) is 17.7 Å². The third-order valence-corrected chi connectivity index (χ3v) is 11.2. The number of ether oxygens (including phenoxy) is 1. The predicted molar refractivity (Wildman–Crippen MR) is 169 cm³/mol. The fourth-order valence-corrected chi connectivity index (χ4v) is 9.77. The molecule has 3 unspecified atom stereocenters. The van der Waals surface area contributed by atoms with E-state index in [1.807, 2.05) is 43.0 Å². The number of anilines is 1. The van der Waals surface area contributed by atoms with Gasteiger partial charge in [0.25, 0.3) is 0 Å². The van der Waals surface area contributed by atoms with Crippen molar-refractivity contribution in [2.75, 3.05) is 37.7 Å². The topological polar surface area (TPSA) is 90.4 Å². The number of hydrogen-bond acceptors (Lipinski definition) is 6. The van der Waals surface area contributed by atoms with E-state index in [0.29, 0.717) is 32.5 Å². The van der Waals surface area contributed by atoms with Crippen LogP contribution in [-0.4, -0.2) is 87.1 Å². The van der Waals surface area contributed by atoms with Crippen LogP contribution in [0.25, 0.3) is 0 Å². The highest BCUT2D eigenvalue weighted by Gasteiger charge is 2.77. The van der Waals surface area contributed by atoms with Crippen LogP contribution in [0.5, 0.6) is 5.75 Å². The Morgan fingerprint density at radius 1 is 1.17 bits per heavy atom. The first-order valence-electron chi connectivity index (χ1n) is 15.3. The van der Waals surface area contributed by atoms with E-state index in [-0.39, 0.29) is 36.9 Å². The smallest absolute Gasteiger partial charge is 0.247 e. The third kappa shape index (κ3) is 5.50. The van der Waals surface area contributed by atoms with Gasteiger partial charge in [-0.05, 0) is 70.7 Å². The average Bonchev–Trinajstić information content (AvgIpc) is 3.54. The Balaban J connectivity index is 1.76. The van der Waals surface area contributed by atoms with Gasteiger partial charge < -0.3 is 24.5 Å². The lowest BCUT2D eigenvalue weighted by Crippen LogP contribution is -2.56. The summed E-state index contributed by atoms with van der Waals surface area (Å²) in [6.07, 6.45) is 7.03. The van der Waals surface area contributed by atoms with Gasteiger partial charge in [0.05, 0.1) is 23.2 Å². The molecule has 3 aliphatic rings. The molecule has 4 rings (SSSR count). The second-order valence-electron chi connectivity index (χ2n) is 11.9. The summed E-state index contributed by atoms with van der Waals surface area (Å²) in [6.45, 7) is 17.4. The van der Waals surface area contributed by atoms with E-state index in [1.165, 1.54) is 0 Å². The van der Waals surface area contributed by atoms with Crippen LogP contribution in [0.2, 0.25) is 0 Å². The second kappa shape index (κ2) is 13.2. The van der Waals surface area contributed by atoms with Crippen molar-refractivity contribution in [2.24, 2.45) is 11.8 Å². The maximum Gasteiger partial charge on any atom is 0.247 e. The lowest BCUT2D eigenvalue weighted by molar-refractivity contribution is -0.144. The van der Waals surface area contributed by atoms with Crippen LogP contribution >= 0.6 is 11.8 Å². The van der Waals surface area contributed by atoms with Gasteiger partial charge in [-0.25, -0.2) is 0 Å². The highest BCUT2D eigenvalue weighted by atomic mass is 32.2. The molecule has 0 aliphatic carbocycles. The molecule has 0 radical (unpaired) electrons. The summed E-state index contributed by atoms with van der Waals surface area (Å²) in [7, 11) is 0. The zero-order chi connectivity index (χ0) is 30.7. The first-order valence-corrected chi connectivity index (χ1v) is 16.1. The summed E-state index contributed by atoms with van der Waals surface area (Å²) in [5.41, 5.74) is 0.717. The molecule has 3 aliphatic heterocycles. The van der Waals surface area contributed by atoms with Crippen LogP contribution in [0, 0.1) is 11.8 Å². The maximum absolute atomic E-state index is 14.6. The summed E-state index contributed by atoms with van der Waals surface area (Å²) < 4.78 is 4.41. The highest BCUT2D eigenvalue weighted by molar-refractivity contribution is 8.02. The molecule has 1 N–H and O–H groups in total. The molecule has 1 aromatic carbocycles. The van der Waals surface area contributed by atoms with E-state index in [4.69, 9.17) is 4.74 Å². The first-order chi connectivity index (χ1) is 20.1. The molecule has 0 aromatic heterocycles. The molecule has 3 amide bonds. The van der Waals surface area contributed by atoms with Crippen molar-refractivity contribution in [2.45, 2.75) is 81.4 Å². The van der Waals surface area contributed by atoms with Gasteiger partial charge in [0, 0.05) is 42.7 Å². The average molecular weight is 598 g/mol. The molecule has 0 saturated carbocycles. The molecule has 1 aromatic rings. The van der Waals surface area contributed by atoms with Gasteiger partial charge in [-0.1, -0.05) is 25.5 Å². The van der Waals surface area contributed by atoms with E-state index in [2.05, 4.69) is 27.0 Å². The number of amides is 3. The van der Waals surface area contributed by atoms with Crippen LogP contribution in [-0.2, 0) is 14.4 Å². The highest BCUT2D eigenvalue weighted by Crippen LogP contribution is 2.71. The largest absolute Gasteiger partial charge is 0.494 e. The fourth-order valence-electron chi connectivity index (χ4n) is 7.43. The van der Waals surface area contributed by atoms with Crippen molar-refractivity contribution in [3.8, 4) is 5.75 Å². The molecule has 3 fully saturated rings. The lowest BCUT2D eigenvalue weighted by Gasteiger charge is -2.39. The SMILES string of the molecule is C=CCN(C(=O)[C@H]1[C@H]2C(=O)N(CCCO)C(C(=O)N(CC=C)C(C)CCC)C23CC[C@]1(C)S3)c1ccc(OCC)cc1. The number of aliphatic hydroxyl groups excluding tert-OH is 1. The van der Waals surface area contributed by atoms with E-state index in [0.717, 1.165) is 30.7 Å². The monoisotopic (exact) mass is 597 g/mol. The second-order valence-corrected chi connectivity index (χ2v) is 13.8. The number of thioether (sulfide) groups is 1. The number of benzene rings is 1. The Hall–Kier alpha value is -2.78. The summed E-state index contributed by atoms with van der Waals surface area (Å²) in [4.78, 5) is 48.7. The number of carbonyl (C=O) groups is 3. The summed E-state index contributed by atoms with van der Waals surface area (Å²) in [5.74, 6) is -0.839. The number of nitrogens with zero attached hydrogens (tertiary/aromatic N) is 3. The van der Waals surface area contributed by atoms with Gasteiger partial charge in [0.15, 0.2) is 0 Å². The number of carbonyl (C=O) groups excluding carboxylic acids is 3. The zero-order valence-corrected chi connectivity index (χ0v) is 26.4. The number of aliphatic hydroxyl groups is 1. The van der Waals surface area contributed by atoms with Crippen LogP contribution in [0.1, 0.15) is 59.8 Å². The Kier molecular flexibility index (Phi) is 10.1. The Labute approximate surface area is 255 Å². The van der Waals surface area contributed by atoms with Crippen molar-refractivity contribution in [3.05, 3.63) is 49.6 Å². The molecule has 8 nitrogen and oxygen atoms in total. The summed E-state index contributed by atoms with van der Waals surface area (Å²) in [6, 6.07) is 6.72. The predicted octanol–water partition coefficient (Wildman–Crippen LogP) is 4.67. The Morgan fingerprint density at radius 2 is 1.86 bits per heavy atom. The maximum atomic E-state index is 14.6. The molecule has 230 valence electrons. The van der Waals surface area contributed by atoms with E-state index >= 15 is 0 Å². The fraction of sp³-hybridized carbons (Fsp3) is 0.606. The normalized spacial score (nSPS) is 28.4. The quantitative estimate of drug-likeness (QED) is 0.296. The van der Waals surface area contributed by atoms with Crippen molar-refractivity contribution in [1.29, 1.82) is 0 Å². The van der Waals surface area contributed by atoms with Gasteiger partial charge >= 0.3 is 0 Å².